The predicted molar refractivity (Wildman–Crippen MR) is 69.1 cm³/mol. The van der Waals surface area contributed by atoms with Crippen molar-refractivity contribution in [2.45, 2.75) is 6.10 Å². The van der Waals surface area contributed by atoms with E-state index in [1.807, 2.05) is 24.3 Å². The van der Waals surface area contributed by atoms with E-state index in [0.29, 0.717) is 17.1 Å². The minimum absolute atomic E-state index is 0.363. The van der Waals surface area contributed by atoms with Crippen LogP contribution in [0.15, 0.2) is 30.3 Å². The standard InChI is InChI=1S/C14H16O4/c1-17-13-7-11(12(16)8-15)14(18-2)10-6-4-3-5-9(10)13/h3-7,12,15-16H,8H2,1-2H3. The topological polar surface area (TPSA) is 58.9 Å². The fourth-order valence-electron chi connectivity index (χ4n) is 2.08. The Hall–Kier alpha value is -1.78. The Labute approximate surface area is 105 Å². The van der Waals surface area contributed by atoms with Crippen LogP contribution in [0.2, 0.25) is 0 Å². The summed E-state index contributed by atoms with van der Waals surface area (Å²) in [5, 5.41) is 20.7. The molecular weight excluding hydrogens is 232 g/mol. The number of fused-ring (bicyclic) bond motifs is 1. The van der Waals surface area contributed by atoms with Crippen LogP contribution >= 0.6 is 0 Å². The van der Waals surface area contributed by atoms with Gasteiger partial charge in [-0.25, -0.2) is 0 Å². The third-order valence-corrected chi connectivity index (χ3v) is 2.94. The lowest BCUT2D eigenvalue weighted by Gasteiger charge is -2.17. The molecule has 4 heteroatoms. The Morgan fingerprint density at radius 1 is 1.11 bits per heavy atom. The molecule has 0 amide bonds. The van der Waals surface area contributed by atoms with Crippen molar-refractivity contribution in [2.24, 2.45) is 0 Å². The normalized spacial score (nSPS) is 12.4. The van der Waals surface area contributed by atoms with Crippen molar-refractivity contribution >= 4 is 10.8 Å². The zero-order chi connectivity index (χ0) is 13.1. The molecule has 0 saturated heterocycles. The van der Waals surface area contributed by atoms with Crippen LogP contribution in [0.1, 0.15) is 11.7 Å². The van der Waals surface area contributed by atoms with E-state index in [1.165, 1.54) is 0 Å². The second kappa shape index (κ2) is 5.25. The first-order valence-electron chi connectivity index (χ1n) is 5.65. The van der Waals surface area contributed by atoms with E-state index in [-0.39, 0.29) is 6.61 Å². The van der Waals surface area contributed by atoms with Gasteiger partial charge >= 0.3 is 0 Å². The van der Waals surface area contributed by atoms with Crippen LogP contribution in [0.25, 0.3) is 10.8 Å². The minimum Gasteiger partial charge on any atom is -0.496 e. The van der Waals surface area contributed by atoms with Gasteiger partial charge in [0, 0.05) is 16.3 Å². The van der Waals surface area contributed by atoms with Crippen LogP contribution in [-0.4, -0.2) is 31.0 Å². The molecule has 0 spiro atoms. The smallest absolute Gasteiger partial charge is 0.132 e. The molecule has 0 aromatic heterocycles. The summed E-state index contributed by atoms with van der Waals surface area (Å²) in [6.07, 6.45) is -0.988. The molecule has 0 saturated carbocycles. The highest BCUT2D eigenvalue weighted by Crippen LogP contribution is 2.39. The van der Waals surface area contributed by atoms with Crippen molar-refractivity contribution < 1.29 is 19.7 Å². The molecule has 0 aliphatic carbocycles. The van der Waals surface area contributed by atoms with Gasteiger partial charge in [-0.2, -0.15) is 0 Å². The van der Waals surface area contributed by atoms with Gasteiger partial charge in [0.2, 0.25) is 0 Å². The number of hydrogen-bond donors (Lipinski definition) is 2. The van der Waals surface area contributed by atoms with Crippen LogP contribution in [-0.2, 0) is 0 Å². The maximum absolute atomic E-state index is 9.84. The highest BCUT2D eigenvalue weighted by molar-refractivity contribution is 5.94. The molecule has 96 valence electrons. The summed E-state index contributed by atoms with van der Waals surface area (Å²) < 4.78 is 10.7. The van der Waals surface area contributed by atoms with Gasteiger partial charge in [0.05, 0.1) is 20.8 Å². The zero-order valence-corrected chi connectivity index (χ0v) is 10.4. The summed E-state index contributed by atoms with van der Waals surface area (Å²) in [6.45, 7) is -0.363. The molecule has 0 heterocycles. The second-order valence-electron chi connectivity index (χ2n) is 3.95. The van der Waals surface area contributed by atoms with E-state index in [4.69, 9.17) is 14.6 Å². The fourth-order valence-corrected chi connectivity index (χ4v) is 2.08. The van der Waals surface area contributed by atoms with E-state index in [2.05, 4.69) is 0 Å². The summed E-state index contributed by atoms with van der Waals surface area (Å²) in [5.41, 5.74) is 0.524. The molecule has 0 aliphatic rings. The molecule has 0 radical (unpaired) electrons. The van der Waals surface area contributed by atoms with Crippen molar-refractivity contribution in [3.05, 3.63) is 35.9 Å². The van der Waals surface area contributed by atoms with Crippen LogP contribution in [0.5, 0.6) is 11.5 Å². The highest BCUT2D eigenvalue weighted by atomic mass is 16.5. The Morgan fingerprint density at radius 3 is 2.33 bits per heavy atom. The molecule has 4 nitrogen and oxygen atoms in total. The van der Waals surface area contributed by atoms with Crippen LogP contribution in [0.4, 0.5) is 0 Å². The van der Waals surface area contributed by atoms with E-state index in [9.17, 15) is 5.11 Å². The van der Waals surface area contributed by atoms with Crippen LogP contribution < -0.4 is 9.47 Å². The number of benzene rings is 2. The van der Waals surface area contributed by atoms with Crippen LogP contribution in [0.3, 0.4) is 0 Å². The maximum Gasteiger partial charge on any atom is 0.132 e. The zero-order valence-electron chi connectivity index (χ0n) is 10.4. The van der Waals surface area contributed by atoms with Gasteiger partial charge in [-0.15, -0.1) is 0 Å². The Morgan fingerprint density at radius 2 is 1.78 bits per heavy atom. The number of rotatable bonds is 4. The first-order chi connectivity index (χ1) is 8.72. The molecule has 1 atom stereocenters. The molecule has 0 fully saturated rings. The molecule has 1 unspecified atom stereocenters. The van der Waals surface area contributed by atoms with Crippen molar-refractivity contribution in [1.29, 1.82) is 0 Å². The molecule has 0 bridgehead atoms. The lowest BCUT2D eigenvalue weighted by atomic mass is 10.0. The van der Waals surface area contributed by atoms with E-state index in [1.54, 1.807) is 20.3 Å². The average molecular weight is 248 g/mol. The molecule has 18 heavy (non-hydrogen) atoms. The van der Waals surface area contributed by atoms with Gasteiger partial charge in [0.1, 0.15) is 17.6 Å². The van der Waals surface area contributed by atoms with Gasteiger partial charge in [-0.05, 0) is 6.07 Å². The predicted octanol–water partition coefficient (Wildman–Crippen LogP) is 1.88. The SMILES string of the molecule is COc1cc(C(O)CO)c(OC)c2ccccc12. The maximum atomic E-state index is 9.84. The number of methoxy groups -OCH3 is 2. The third-order valence-electron chi connectivity index (χ3n) is 2.94. The molecule has 2 rings (SSSR count). The van der Waals surface area contributed by atoms with Crippen molar-refractivity contribution in [3.8, 4) is 11.5 Å². The highest BCUT2D eigenvalue weighted by Gasteiger charge is 2.18. The summed E-state index contributed by atoms with van der Waals surface area (Å²) in [4.78, 5) is 0. The Balaban J connectivity index is 2.78. The fraction of sp³-hybridized carbons (Fsp3) is 0.286. The van der Waals surface area contributed by atoms with Crippen molar-refractivity contribution in [1.82, 2.24) is 0 Å². The monoisotopic (exact) mass is 248 g/mol. The van der Waals surface area contributed by atoms with Gasteiger partial charge < -0.3 is 19.7 Å². The second-order valence-corrected chi connectivity index (χ2v) is 3.95. The molecular formula is C14H16O4. The summed E-state index contributed by atoms with van der Waals surface area (Å²) >= 11 is 0. The van der Waals surface area contributed by atoms with Gasteiger partial charge in [-0.3, -0.25) is 0 Å². The molecule has 2 aromatic carbocycles. The lowest BCUT2D eigenvalue weighted by molar-refractivity contribution is 0.0933. The Kier molecular flexibility index (Phi) is 3.69. The molecule has 2 aromatic rings. The quantitative estimate of drug-likeness (QED) is 0.867. The summed E-state index contributed by atoms with van der Waals surface area (Å²) in [6, 6.07) is 9.31. The molecule has 0 aliphatic heterocycles. The van der Waals surface area contributed by atoms with E-state index in [0.717, 1.165) is 10.8 Å². The Bertz CT molecular complexity index is 551. The van der Waals surface area contributed by atoms with Crippen molar-refractivity contribution in [3.63, 3.8) is 0 Å². The lowest BCUT2D eigenvalue weighted by Crippen LogP contribution is -2.06. The van der Waals surface area contributed by atoms with Gasteiger partial charge in [0.15, 0.2) is 0 Å². The number of aliphatic hydroxyl groups is 2. The first-order valence-corrected chi connectivity index (χ1v) is 5.65. The van der Waals surface area contributed by atoms with Crippen LogP contribution in [0, 0.1) is 0 Å². The average Bonchev–Trinajstić information content (AvgIpc) is 2.44. The molecule has 2 N–H and O–H groups in total. The first kappa shape index (κ1) is 12.7. The summed E-state index contributed by atoms with van der Waals surface area (Å²) in [7, 11) is 3.12. The number of ether oxygens (including phenoxy) is 2. The van der Waals surface area contributed by atoms with Crippen molar-refractivity contribution in [2.75, 3.05) is 20.8 Å². The summed E-state index contributed by atoms with van der Waals surface area (Å²) in [5.74, 6) is 1.21. The van der Waals surface area contributed by atoms with E-state index < -0.39 is 6.10 Å². The minimum atomic E-state index is -0.988. The largest absolute Gasteiger partial charge is 0.496 e. The number of aliphatic hydroxyl groups excluding tert-OH is 2. The third kappa shape index (κ3) is 2.00. The van der Waals surface area contributed by atoms with Gasteiger partial charge in [-0.1, -0.05) is 24.3 Å². The van der Waals surface area contributed by atoms with E-state index >= 15 is 0 Å². The van der Waals surface area contributed by atoms with Gasteiger partial charge in [0.25, 0.3) is 0 Å². The number of hydrogen-bond acceptors (Lipinski definition) is 4.